The number of anilines is 1. The third kappa shape index (κ3) is 2.42. The van der Waals surface area contributed by atoms with Crippen molar-refractivity contribution in [1.82, 2.24) is 0 Å². The molecule has 0 atom stereocenters. The van der Waals surface area contributed by atoms with Gasteiger partial charge >= 0.3 is 0 Å². The summed E-state index contributed by atoms with van der Waals surface area (Å²) in [5.41, 5.74) is 8.59. The van der Waals surface area contributed by atoms with Crippen LogP contribution in [0.15, 0.2) is 47.6 Å². The Balaban J connectivity index is 1.90. The molecule has 0 aromatic heterocycles. The summed E-state index contributed by atoms with van der Waals surface area (Å²) in [5.74, 6) is -0.645. The van der Waals surface area contributed by atoms with Crippen LogP contribution in [-0.4, -0.2) is 17.6 Å². The number of halogens is 1. The molecule has 0 amide bonds. The van der Waals surface area contributed by atoms with Crippen molar-refractivity contribution in [3.8, 4) is 0 Å². The summed E-state index contributed by atoms with van der Waals surface area (Å²) in [6.45, 7) is 1.34. The van der Waals surface area contributed by atoms with Gasteiger partial charge in [-0.25, -0.2) is 4.39 Å². The number of benzene rings is 2. The van der Waals surface area contributed by atoms with Gasteiger partial charge in [-0.05, 0) is 24.1 Å². The zero-order valence-electron chi connectivity index (χ0n) is 11.5. The van der Waals surface area contributed by atoms with Gasteiger partial charge in [0.1, 0.15) is 5.82 Å². The quantitative estimate of drug-likeness (QED) is 0.394. The Bertz CT molecular complexity index is 700. The zero-order valence-corrected chi connectivity index (χ0v) is 11.5. The van der Waals surface area contributed by atoms with Crippen molar-refractivity contribution in [3.63, 3.8) is 0 Å². The van der Waals surface area contributed by atoms with Gasteiger partial charge in [0.15, 0.2) is 5.84 Å². The molecule has 1 heterocycles. The topological polar surface area (TPSA) is 61.9 Å². The number of oxime groups is 1. The van der Waals surface area contributed by atoms with E-state index in [1.54, 1.807) is 12.1 Å². The van der Waals surface area contributed by atoms with Crippen LogP contribution in [0.2, 0.25) is 0 Å². The fourth-order valence-corrected chi connectivity index (χ4v) is 2.73. The lowest BCUT2D eigenvalue weighted by Gasteiger charge is -2.20. The Labute approximate surface area is 122 Å². The monoisotopic (exact) mass is 285 g/mol. The molecule has 0 saturated carbocycles. The number of hydrogen-bond donors (Lipinski definition) is 2. The van der Waals surface area contributed by atoms with Crippen LogP contribution in [0.4, 0.5) is 10.1 Å². The molecular formula is C16H16FN3O. The molecule has 1 aliphatic heterocycles. The highest BCUT2D eigenvalue weighted by atomic mass is 19.1. The van der Waals surface area contributed by atoms with Crippen LogP contribution in [0, 0.1) is 5.82 Å². The Morgan fingerprint density at radius 2 is 2.05 bits per heavy atom. The van der Waals surface area contributed by atoms with E-state index < -0.39 is 5.82 Å². The highest BCUT2D eigenvalue weighted by molar-refractivity contribution is 5.97. The standard InChI is InChI=1S/C16H16FN3O/c17-15-12(5-3-6-13(15)16(18)19-21)10-20-9-8-11-4-1-2-7-14(11)20/h1-7,21H,8-10H2,(H2,18,19). The minimum Gasteiger partial charge on any atom is -0.409 e. The molecule has 2 aromatic rings. The Kier molecular flexibility index (Phi) is 3.48. The van der Waals surface area contributed by atoms with Crippen LogP contribution in [0.25, 0.3) is 0 Å². The van der Waals surface area contributed by atoms with E-state index in [1.807, 2.05) is 18.2 Å². The van der Waals surface area contributed by atoms with Crippen LogP contribution < -0.4 is 10.6 Å². The van der Waals surface area contributed by atoms with Crippen molar-refractivity contribution in [1.29, 1.82) is 0 Å². The van der Waals surface area contributed by atoms with Gasteiger partial charge in [0, 0.05) is 24.3 Å². The first kappa shape index (κ1) is 13.4. The third-order valence-electron chi connectivity index (χ3n) is 3.81. The summed E-state index contributed by atoms with van der Waals surface area (Å²) in [6.07, 6.45) is 0.970. The molecule has 4 nitrogen and oxygen atoms in total. The van der Waals surface area contributed by atoms with E-state index in [9.17, 15) is 4.39 Å². The summed E-state index contributed by atoms with van der Waals surface area (Å²) in [5, 5.41) is 11.6. The molecule has 5 heteroatoms. The summed E-state index contributed by atoms with van der Waals surface area (Å²) >= 11 is 0. The van der Waals surface area contributed by atoms with Gasteiger partial charge in [0.2, 0.25) is 0 Å². The second-order valence-electron chi connectivity index (χ2n) is 5.06. The van der Waals surface area contributed by atoms with Crippen molar-refractivity contribution in [3.05, 3.63) is 65.0 Å². The van der Waals surface area contributed by atoms with Crippen molar-refractivity contribution in [2.45, 2.75) is 13.0 Å². The van der Waals surface area contributed by atoms with E-state index in [2.05, 4.69) is 16.1 Å². The Hall–Kier alpha value is -2.56. The summed E-state index contributed by atoms with van der Waals surface area (Å²) in [4.78, 5) is 2.14. The van der Waals surface area contributed by atoms with Crippen molar-refractivity contribution in [2.75, 3.05) is 11.4 Å². The molecular weight excluding hydrogens is 269 g/mol. The van der Waals surface area contributed by atoms with Crippen LogP contribution >= 0.6 is 0 Å². The number of nitrogens with zero attached hydrogens (tertiary/aromatic N) is 2. The van der Waals surface area contributed by atoms with E-state index in [-0.39, 0.29) is 11.4 Å². The minimum absolute atomic E-state index is 0.127. The first-order valence-electron chi connectivity index (χ1n) is 6.79. The van der Waals surface area contributed by atoms with Gasteiger partial charge in [0.05, 0.1) is 5.56 Å². The molecule has 0 unspecified atom stereocenters. The molecule has 108 valence electrons. The molecule has 0 spiro atoms. The Morgan fingerprint density at radius 1 is 1.24 bits per heavy atom. The predicted molar refractivity (Wildman–Crippen MR) is 80.1 cm³/mol. The van der Waals surface area contributed by atoms with E-state index in [1.165, 1.54) is 11.6 Å². The molecule has 3 N–H and O–H groups in total. The molecule has 0 bridgehead atoms. The van der Waals surface area contributed by atoms with Gasteiger partial charge in [-0.15, -0.1) is 0 Å². The molecule has 0 fully saturated rings. The highest BCUT2D eigenvalue weighted by Gasteiger charge is 2.20. The smallest absolute Gasteiger partial charge is 0.173 e. The highest BCUT2D eigenvalue weighted by Crippen LogP contribution is 2.29. The molecule has 0 aliphatic carbocycles. The van der Waals surface area contributed by atoms with E-state index in [0.29, 0.717) is 12.1 Å². The zero-order chi connectivity index (χ0) is 14.8. The molecule has 2 aromatic carbocycles. The number of hydrogen-bond acceptors (Lipinski definition) is 3. The fourth-order valence-electron chi connectivity index (χ4n) is 2.73. The minimum atomic E-state index is -0.433. The lowest BCUT2D eigenvalue weighted by molar-refractivity contribution is 0.318. The normalized spacial score (nSPS) is 14.3. The number of amidine groups is 1. The van der Waals surface area contributed by atoms with Crippen LogP contribution in [-0.2, 0) is 13.0 Å². The first-order chi connectivity index (χ1) is 10.2. The van der Waals surface area contributed by atoms with E-state index >= 15 is 0 Å². The number of rotatable bonds is 3. The number of para-hydroxylation sites is 1. The maximum absolute atomic E-state index is 14.4. The maximum Gasteiger partial charge on any atom is 0.173 e. The van der Waals surface area contributed by atoms with Crippen LogP contribution in [0.5, 0.6) is 0 Å². The summed E-state index contributed by atoms with van der Waals surface area (Å²) in [7, 11) is 0. The SMILES string of the molecule is N/C(=N/O)c1cccc(CN2CCc3ccccc32)c1F. The average molecular weight is 285 g/mol. The molecule has 1 aliphatic rings. The molecule has 0 saturated heterocycles. The second kappa shape index (κ2) is 5.44. The molecule has 3 rings (SSSR count). The number of nitrogens with two attached hydrogens (primary N) is 1. The lowest BCUT2D eigenvalue weighted by atomic mass is 10.1. The summed E-state index contributed by atoms with van der Waals surface area (Å²) in [6, 6.07) is 13.1. The van der Waals surface area contributed by atoms with Crippen molar-refractivity contribution < 1.29 is 9.60 Å². The first-order valence-corrected chi connectivity index (χ1v) is 6.79. The predicted octanol–water partition coefficient (Wildman–Crippen LogP) is 2.48. The average Bonchev–Trinajstić information content (AvgIpc) is 2.92. The summed E-state index contributed by atoms with van der Waals surface area (Å²) < 4.78 is 14.4. The van der Waals surface area contributed by atoms with Gasteiger partial charge in [-0.2, -0.15) is 0 Å². The van der Waals surface area contributed by atoms with E-state index in [0.717, 1.165) is 18.7 Å². The van der Waals surface area contributed by atoms with Crippen molar-refractivity contribution >= 4 is 11.5 Å². The van der Waals surface area contributed by atoms with Gasteiger partial charge in [0.25, 0.3) is 0 Å². The van der Waals surface area contributed by atoms with Gasteiger partial charge in [-0.1, -0.05) is 35.5 Å². The lowest BCUT2D eigenvalue weighted by Crippen LogP contribution is -2.22. The largest absolute Gasteiger partial charge is 0.409 e. The molecule has 0 radical (unpaired) electrons. The third-order valence-corrected chi connectivity index (χ3v) is 3.81. The van der Waals surface area contributed by atoms with Gasteiger partial charge in [-0.3, -0.25) is 0 Å². The van der Waals surface area contributed by atoms with Gasteiger partial charge < -0.3 is 15.8 Å². The van der Waals surface area contributed by atoms with Crippen LogP contribution in [0.3, 0.4) is 0 Å². The van der Waals surface area contributed by atoms with E-state index in [4.69, 9.17) is 10.9 Å². The molecule has 21 heavy (non-hydrogen) atoms. The maximum atomic E-state index is 14.4. The van der Waals surface area contributed by atoms with Crippen molar-refractivity contribution in [2.24, 2.45) is 10.9 Å². The Morgan fingerprint density at radius 3 is 2.86 bits per heavy atom. The number of fused-ring (bicyclic) bond motifs is 1. The van der Waals surface area contributed by atoms with Crippen LogP contribution in [0.1, 0.15) is 16.7 Å². The second-order valence-corrected chi connectivity index (χ2v) is 5.06. The fraction of sp³-hybridized carbons (Fsp3) is 0.188.